The van der Waals surface area contributed by atoms with Crippen LogP contribution in [0.2, 0.25) is 0 Å². The molecule has 4 nitrogen and oxygen atoms in total. The van der Waals surface area contributed by atoms with Crippen molar-refractivity contribution in [2.24, 2.45) is 11.7 Å². The van der Waals surface area contributed by atoms with Gasteiger partial charge in [-0.05, 0) is 24.5 Å². The summed E-state index contributed by atoms with van der Waals surface area (Å²) in [6.45, 7) is 6.06. The molecule has 0 unspecified atom stereocenters. The molecule has 21 heavy (non-hydrogen) atoms. The van der Waals surface area contributed by atoms with Gasteiger partial charge >= 0.3 is 0 Å². The highest BCUT2D eigenvalue weighted by atomic mass is 32.1. The first-order valence-electron chi connectivity index (χ1n) is 7.11. The molecule has 0 bridgehead atoms. The van der Waals surface area contributed by atoms with Crippen LogP contribution in [0, 0.1) is 5.92 Å². The van der Waals surface area contributed by atoms with E-state index in [2.05, 4.69) is 13.8 Å². The third-order valence-corrected chi connectivity index (χ3v) is 3.27. The van der Waals surface area contributed by atoms with E-state index in [0.29, 0.717) is 30.6 Å². The summed E-state index contributed by atoms with van der Waals surface area (Å²) in [5.74, 6) is 1.67. The van der Waals surface area contributed by atoms with Gasteiger partial charge in [-0.1, -0.05) is 38.2 Å². The normalized spacial score (nSPS) is 11.2. The third kappa shape index (κ3) is 4.19. The second kappa shape index (κ2) is 7.43. The highest BCUT2D eigenvalue weighted by Gasteiger charge is 2.17. The first-order chi connectivity index (χ1) is 10.1. The minimum atomic E-state index is 0.196. The van der Waals surface area contributed by atoms with E-state index in [0.717, 1.165) is 24.0 Å². The van der Waals surface area contributed by atoms with Crippen LogP contribution < -0.4 is 10.5 Å². The Morgan fingerprint density at radius 1 is 1.24 bits per heavy atom. The zero-order valence-corrected chi connectivity index (χ0v) is 13.2. The SMILES string of the molecule is CC(C)CCOCCOc1c(C(N)=S)oc2ccccc12. The number of hydrogen-bond donors (Lipinski definition) is 1. The van der Waals surface area contributed by atoms with Crippen molar-refractivity contribution in [1.82, 2.24) is 0 Å². The van der Waals surface area contributed by atoms with Crippen LogP contribution in [0.5, 0.6) is 5.75 Å². The Labute approximate surface area is 130 Å². The molecular formula is C16H21NO3S. The van der Waals surface area contributed by atoms with Crippen LogP contribution in [0.15, 0.2) is 28.7 Å². The van der Waals surface area contributed by atoms with E-state index < -0.39 is 0 Å². The molecule has 0 aliphatic carbocycles. The molecular weight excluding hydrogens is 286 g/mol. The number of fused-ring (bicyclic) bond motifs is 1. The van der Waals surface area contributed by atoms with Crippen molar-refractivity contribution in [2.75, 3.05) is 19.8 Å². The van der Waals surface area contributed by atoms with Crippen molar-refractivity contribution in [3.8, 4) is 5.75 Å². The van der Waals surface area contributed by atoms with Crippen LogP contribution in [-0.2, 0) is 4.74 Å². The lowest BCUT2D eigenvalue weighted by Gasteiger charge is -2.08. The molecule has 114 valence electrons. The van der Waals surface area contributed by atoms with Gasteiger partial charge in [-0.3, -0.25) is 0 Å². The summed E-state index contributed by atoms with van der Waals surface area (Å²) >= 11 is 5.01. The lowest BCUT2D eigenvalue weighted by atomic mass is 10.1. The van der Waals surface area contributed by atoms with E-state index in [1.54, 1.807) is 0 Å². The molecule has 0 spiro atoms. The monoisotopic (exact) mass is 307 g/mol. The van der Waals surface area contributed by atoms with Crippen molar-refractivity contribution >= 4 is 28.2 Å². The van der Waals surface area contributed by atoms with Gasteiger partial charge in [0.05, 0.1) is 12.0 Å². The maximum Gasteiger partial charge on any atom is 0.204 e. The molecule has 0 saturated heterocycles. The van der Waals surface area contributed by atoms with E-state index in [-0.39, 0.29) is 4.99 Å². The fourth-order valence-electron chi connectivity index (χ4n) is 1.95. The van der Waals surface area contributed by atoms with Gasteiger partial charge in [0.25, 0.3) is 0 Å². The van der Waals surface area contributed by atoms with E-state index in [1.165, 1.54) is 0 Å². The summed E-state index contributed by atoms with van der Waals surface area (Å²) in [5.41, 5.74) is 6.41. The van der Waals surface area contributed by atoms with Gasteiger partial charge < -0.3 is 19.6 Å². The number of nitrogens with two attached hydrogens (primary N) is 1. The highest BCUT2D eigenvalue weighted by Crippen LogP contribution is 2.32. The molecule has 1 aromatic heterocycles. The van der Waals surface area contributed by atoms with Gasteiger partial charge in [-0.25, -0.2) is 0 Å². The predicted molar refractivity (Wildman–Crippen MR) is 87.9 cm³/mol. The summed E-state index contributed by atoms with van der Waals surface area (Å²) in [4.78, 5) is 0.196. The van der Waals surface area contributed by atoms with Gasteiger partial charge in [0.15, 0.2) is 5.75 Å². The average Bonchev–Trinajstić information content (AvgIpc) is 2.81. The number of rotatable bonds is 8. The summed E-state index contributed by atoms with van der Waals surface area (Å²) in [6.07, 6.45) is 1.05. The average molecular weight is 307 g/mol. The Hall–Kier alpha value is -1.59. The van der Waals surface area contributed by atoms with Crippen molar-refractivity contribution < 1.29 is 13.9 Å². The molecule has 2 N–H and O–H groups in total. The van der Waals surface area contributed by atoms with Crippen LogP contribution in [0.3, 0.4) is 0 Å². The van der Waals surface area contributed by atoms with Crippen LogP contribution in [0.25, 0.3) is 11.0 Å². The van der Waals surface area contributed by atoms with E-state index >= 15 is 0 Å². The molecule has 0 fully saturated rings. The second-order valence-corrected chi connectivity index (χ2v) is 5.70. The number of benzene rings is 1. The standard InChI is InChI=1S/C16H21NO3S/c1-11(2)7-8-18-9-10-19-14-12-5-3-4-6-13(12)20-15(14)16(17)21/h3-6,11H,7-10H2,1-2H3,(H2,17,21). The zero-order valence-electron chi connectivity index (χ0n) is 12.4. The minimum Gasteiger partial charge on any atom is -0.486 e. The number of ether oxygens (including phenoxy) is 2. The molecule has 0 atom stereocenters. The van der Waals surface area contributed by atoms with Crippen LogP contribution >= 0.6 is 12.2 Å². The van der Waals surface area contributed by atoms with Crippen LogP contribution in [0.1, 0.15) is 26.0 Å². The first kappa shape index (κ1) is 15.8. The number of hydrogen-bond acceptors (Lipinski definition) is 4. The molecule has 1 heterocycles. The van der Waals surface area contributed by atoms with Gasteiger partial charge in [0.1, 0.15) is 17.2 Å². The fourth-order valence-corrected chi connectivity index (χ4v) is 2.09. The van der Waals surface area contributed by atoms with Crippen molar-refractivity contribution in [3.05, 3.63) is 30.0 Å². The fraction of sp³-hybridized carbons (Fsp3) is 0.438. The largest absolute Gasteiger partial charge is 0.486 e. The zero-order chi connectivity index (χ0) is 15.2. The molecule has 0 aliphatic heterocycles. The predicted octanol–water partition coefficient (Wildman–Crippen LogP) is 3.51. The Bertz CT molecular complexity index is 607. The van der Waals surface area contributed by atoms with Crippen molar-refractivity contribution in [2.45, 2.75) is 20.3 Å². The Morgan fingerprint density at radius 3 is 2.71 bits per heavy atom. The second-order valence-electron chi connectivity index (χ2n) is 5.26. The number of para-hydroxylation sites is 1. The number of furan rings is 1. The quantitative estimate of drug-likeness (QED) is 0.597. The molecule has 2 rings (SSSR count). The van der Waals surface area contributed by atoms with E-state index in [9.17, 15) is 0 Å². The smallest absolute Gasteiger partial charge is 0.204 e. The van der Waals surface area contributed by atoms with Crippen LogP contribution in [0.4, 0.5) is 0 Å². The van der Waals surface area contributed by atoms with Crippen molar-refractivity contribution in [3.63, 3.8) is 0 Å². The minimum absolute atomic E-state index is 0.196. The van der Waals surface area contributed by atoms with Crippen molar-refractivity contribution in [1.29, 1.82) is 0 Å². The molecule has 0 saturated carbocycles. The van der Waals surface area contributed by atoms with Gasteiger partial charge in [-0.15, -0.1) is 0 Å². The maximum absolute atomic E-state index is 5.77. The highest BCUT2D eigenvalue weighted by molar-refractivity contribution is 7.80. The summed E-state index contributed by atoms with van der Waals surface area (Å²) in [7, 11) is 0. The molecule has 0 amide bonds. The third-order valence-electron chi connectivity index (χ3n) is 3.09. The molecule has 0 aliphatic rings. The van der Waals surface area contributed by atoms with Crippen LogP contribution in [-0.4, -0.2) is 24.8 Å². The summed E-state index contributed by atoms with van der Waals surface area (Å²) < 4.78 is 16.9. The van der Waals surface area contributed by atoms with Gasteiger partial charge in [-0.2, -0.15) is 0 Å². The lowest BCUT2D eigenvalue weighted by Crippen LogP contribution is -2.13. The van der Waals surface area contributed by atoms with E-state index in [1.807, 2.05) is 24.3 Å². The molecule has 1 aromatic carbocycles. The summed E-state index contributed by atoms with van der Waals surface area (Å²) in [5, 5.41) is 0.877. The maximum atomic E-state index is 5.77. The van der Waals surface area contributed by atoms with Gasteiger partial charge in [0, 0.05) is 6.61 Å². The Kier molecular flexibility index (Phi) is 5.59. The van der Waals surface area contributed by atoms with E-state index in [4.69, 9.17) is 31.8 Å². The topological polar surface area (TPSA) is 57.6 Å². The summed E-state index contributed by atoms with van der Waals surface area (Å²) in [6, 6.07) is 7.61. The molecule has 5 heteroatoms. The van der Waals surface area contributed by atoms with Gasteiger partial charge in [0.2, 0.25) is 5.76 Å². The Balaban J connectivity index is 1.97. The molecule has 0 radical (unpaired) electrons. The first-order valence-corrected chi connectivity index (χ1v) is 7.52. The number of thiocarbonyl (C=S) groups is 1. The molecule has 2 aromatic rings. The lowest BCUT2D eigenvalue weighted by molar-refractivity contribution is 0.0927. The Morgan fingerprint density at radius 2 is 2.00 bits per heavy atom.